The first-order valence-electron chi connectivity index (χ1n) is 6.07. The maximum absolute atomic E-state index is 9.03. The van der Waals surface area contributed by atoms with Crippen molar-refractivity contribution in [1.82, 2.24) is 15.1 Å². The van der Waals surface area contributed by atoms with E-state index in [1.807, 2.05) is 18.2 Å². The highest BCUT2D eigenvalue weighted by molar-refractivity contribution is 6.30. The minimum atomic E-state index is -0.212. The highest BCUT2D eigenvalue weighted by Crippen LogP contribution is 2.31. The molecule has 106 valence electrons. The molecule has 0 unspecified atom stereocenters. The zero-order valence-corrected chi connectivity index (χ0v) is 11.5. The number of nitrogens with zero attached hydrogens (tertiary/aromatic N) is 3. The van der Waals surface area contributed by atoms with Gasteiger partial charge in [0.1, 0.15) is 18.1 Å². The molecule has 7 heteroatoms. The molecule has 3 rings (SSSR count). The van der Waals surface area contributed by atoms with Gasteiger partial charge in [-0.1, -0.05) is 28.9 Å². The first kappa shape index (κ1) is 13.5. The van der Waals surface area contributed by atoms with Crippen LogP contribution < -0.4 is 4.74 Å². The van der Waals surface area contributed by atoms with Gasteiger partial charge in [-0.15, -0.1) is 0 Å². The Balaban J connectivity index is 1.94. The molecule has 1 N–H and O–H groups in total. The quantitative estimate of drug-likeness (QED) is 0.797. The molecule has 0 saturated heterocycles. The van der Waals surface area contributed by atoms with Gasteiger partial charge in [0.15, 0.2) is 5.76 Å². The Morgan fingerprint density at radius 1 is 1.19 bits per heavy atom. The van der Waals surface area contributed by atoms with Crippen molar-refractivity contribution in [3.63, 3.8) is 0 Å². The van der Waals surface area contributed by atoms with Crippen LogP contribution in [0.4, 0.5) is 0 Å². The number of para-hydroxylation sites is 1. The lowest BCUT2D eigenvalue weighted by atomic mass is 10.1. The van der Waals surface area contributed by atoms with Crippen LogP contribution >= 0.6 is 11.6 Å². The molecule has 6 nitrogen and oxygen atoms in total. The van der Waals surface area contributed by atoms with E-state index in [4.69, 9.17) is 26.0 Å². The van der Waals surface area contributed by atoms with Gasteiger partial charge in [-0.3, -0.25) is 0 Å². The molecule has 0 amide bonds. The summed E-state index contributed by atoms with van der Waals surface area (Å²) in [7, 11) is 0. The zero-order chi connectivity index (χ0) is 14.7. The number of rotatable bonds is 4. The molecule has 21 heavy (non-hydrogen) atoms. The molecule has 0 saturated carbocycles. The van der Waals surface area contributed by atoms with Crippen LogP contribution in [0.15, 0.2) is 47.2 Å². The Morgan fingerprint density at radius 3 is 2.67 bits per heavy atom. The molecule has 0 radical (unpaired) electrons. The third-order valence-electron chi connectivity index (χ3n) is 2.68. The number of aliphatic hydroxyl groups excluding tert-OH is 1. The fourth-order valence-electron chi connectivity index (χ4n) is 1.73. The average Bonchev–Trinajstić information content (AvgIpc) is 2.99. The second kappa shape index (κ2) is 5.90. The van der Waals surface area contributed by atoms with Crippen molar-refractivity contribution < 1.29 is 14.4 Å². The summed E-state index contributed by atoms with van der Waals surface area (Å²) >= 11 is 5.73. The summed E-state index contributed by atoms with van der Waals surface area (Å²) in [6.45, 7) is -0.212. The summed E-state index contributed by atoms with van der Waals surface area (Å²) in [5, 5.41) is 13.4. The fraction of sp³-hybridized carbons (Fsp3) is 0.0714. The summed E-state index contributed by atoms with van der Waals surface area (Å²) in [6.07, 6.45) is 2.90. The molecule has 2 aromatic heterocycles. The lowest BCUT2D eigenvalue weighted by molar-refractivity contribution is 0.229. The van der Waals surface area contributed by atoms with Crippen molar-refractivity contribution in [1.29, 1.82) is 0 Å². The highest BCUT2D eigenvalue weighted by Gasteiger charge is 2.12. The van der Waals surface area contributed by atoms with E-state index in [1.54, 1.807) is 12.1 Å². The first-order valence-corrected chi connectivity index (χ1v) is 6.45. The molecule has 0 aliphatic rings. The Bertz CT molecular complexity index is 743. The van der Waals surface area contributed by atoms with Crippen LogP contribution in [-0.4, -0.2) is 20.2 Å². The van der Waals surface area contributed by atoms with Crippen molar-refractivity contribution >= 4 is 11.6 Å². The van der Waals surface area contributed by atoms with Crippen LogP contribution in [0.1, 0.15) is 5.76 Å². The predicted octanol–water partition coefficient (Wildman–Crippen LogP) is 3.07. The molecular formula is C14H10ClN3O3. The minimum Gasteiger partial charge on any atom is -0.424 e. The van der Waals surface area contributed by atoms with Crippen molar-refractivity contribution in [2.75, 3.05) is 0 Å². The monoisotopic (exact) mass is 303 g/mol. The number of halogens is 1. The number of aliphatic hydroxyl groups is 1. The summed E-state index contributed by atoms with van der Waals surface area (Å²) in [5.41, 5.74) is 1.27. The molecule has 2 heterocycles. The largest absolute Gasteiger partial charge is 0.424 e. The number of aromatic nitrogens is 3. The van der Waals surface area contributed by atoms with Gasteiger partial charge in [0, 0.05) is 11.6 Å². The van der Waals surface area contributed by atoms with Gasteiger partial charge in [0.25, 0.3) is 0 Å². The van der Waals surface area contributed by atoms with Crippen LogP contribution in [0.3, 0.4) is 0 Å². The van der Waals surface area contributed by atoms with E-state index in [9.17, 15) is 0 Å². The number of benzene rings is 1. The predicted molar refractivity (Wildman–Crippen MR) is 75.0 cm³/mol. The van der Waals surface area contributed by atoms with Crippen molar-refractivity contribution in [2.24, 2.45) is 0 Å². The van der Waals surface area contributed by atoms with Crippen molar-refractivity contribution in [2.45, 2.75) is 6.61 Å². The van der Waals surface area contributed by atoms with Crippen LogP contribution in [0.5, 0.6) is 11.8 Å². The van der Waals surface area contributed by atoms with E-state index >= 15 is 0 Å². The van der Waals surface area contributed by atoms with Gasteiger partial charge >= 0.3 is 6.01 Å². The molecule has 3 aromatic rings. The van der Waals surface area contributed by atoms with Gasteiger partial charge in [-0.25, -0.2) is 9.97 Å². The Hall–Kier alpha value is -2.44. The summed E-state index contributed by atoms with van der Waals surface area (Å²) < 4.78 is 10.6. The zero-order valence-electron chi connectivity index (χ0n) is 10.7. The SMILES string of the molecule is OCc1cc(-c2ccccc2Oc2ncc(Cl)cn2)no1. The van der Waals surface area contributed by atoms with Gasteiger partial charge < -0.3 is 14.4 Å². The fourth-order valence-corrected chi connectivity index (χ4v) is 1.83. The minimum absolute atomic E-state index is 0.178. The van der Waals surface area contributed by atoms with Gasteiger partial charge in [-0.05, 0) is 12.1 Å². The smallest absolute Gasteiger partial charge is 0.321 e. The van der Waals surface area contributed by atoms with E-state index in [2.05, 4.69) is 15.1 Å². The van der Waals surface area contributed by atoms with Crippen LogP contribution in [0.25, 0.3) is 11.3 Å². The number of hydrogen-bond acceptors (Lipinski definition) is 6. The normalized spacial score (nSPS) is 10.6. The van der Waals surface area contributed by atoms with E-state index in [-0.39, 0.29) is 12.6 Å². The lowest BCUT2D eigenvalue weighted by Crippen LogP contribution is -1.93. The molecule has 1 aromatic carbocycles. The molecule has 0 aliphatic heterocycles. The van der Waals surface area contributed by atoms with Crippen LogP contribution in [-0.2, 0) is 6.61 Å². The Kier molecular flexibility index (Phi) is 3.81. The second-order valence-electron chi connectivity index (χ2n) is 4.12. The van der Waals surface area contributed by atoms with Gasteiger partial charge in [0.05, 0.1) is 17.4 Å². The molecular weight excluding hydrogens is 294 g/mol. The van der Waals surface area contributed by atoms with Gasteiger partial charge in [-0.2, -0.15) is 0 Å². The average molecular weight is 304 g/mol. The summed E-state index contributed by atoms with van der Waals surface area (Å²) in [6, 6.07) is 9.08. The van der Waals surface area contributed by atoms with E-state index in [0.717, 1.165) is 0 Å². The Labute approximate surface area is 125 Å². The second-order valence-corrected chi connectivity index (χ2v) is 4.56. The lowest BCUT2D eigenvalue weighted by Gasteiger charge is -2.07. The van der Waals surface area contributed by atoms with E-state index in [0.29, 0.717) is 27.8 Å². The number of ether oxygens (including phenoxy) is 1. The molecule has 0 fully saturated rings. The topological polar surface area (TPSA) is 81.3 Å². The molecule has 0 bridgehead atoms. The first-order chi connectivity index (χ1) is 10.3. The maximum atomic E-state index is 9.03. The maximum Gasteiger partial charge on any atom is 0.321 e. The van der Waals surface area contributed by atoms with Crippen molar-refractivity contribution in [3.05, 3.63) is 53.5 Å². The van der Waals surface area contributed by atoms with E-state index in [1.165, 1.54) is 12.4 Å². The van der Waals surface area contributed by atoms with Crippen molar-refractivity contribution in [3.8, 4) is 23.0 Å². The molecule has 0 atom stereocenters. The summed E-state index contributed by atoms with van der Waals surface area (Å²) in [4.78, 5) is 7.96. The standard InChI is InChI=1S/C14H10ClN3O3/c15-9-6-16-14(17-7-9)20-13-4-2-1-3-11(13)12-5-10(8-19)21-18-12/h1-7,19H,8H2. The molecule has 0 aliphatic carbocycles. The third kappa shape index (κ3) is 3.01. The third-order valence-corrected chi connectivity index (χ3v) is 2.87. The highest BCUT2D eigenvalue weighted by atomic mass is 35.5. The van der Waals surface area contributed by atoms with Gasteiger partial charge in [0.2, 0.25) is 0 Å². The van der Waals surface area contributed by atoms with Crippen LogP contribution in [0, 0.1) is 0 Å². The molecule has 0 spiro atoms. The number of hydrogen-bond donors (Lipinski definition) is 1. The Morgan fingerprint density at radius 2 is 1.95 bits per heavy atom. The van der Waals surface area contributed by atoms with E-state index < -0.39 is 0 Å². The van der Waals surface area contributed by atoms with Crippen LogP contribution in [0.2, 0.25) is 5.02 Å². The summed E-state index contributed by atoms with van der Waals surface area (Å²) in [5.74, 6) is 0.903.